The van der Waals surface area contributed by atoms with E-state index >= 15 is 0 Å². The highest BCUT2D eigenvalue weighted by Gasteiger charge is 2.32. The van der Waals surface area contributed by atoms with Crippen molar-refractivity contribution >= 4 is 12.1 Å². The van der Waals surface area contributed by atoms with E-state index in [-0.39, 0.29) is 5.56 Å². The molecule has 0 aromatic heterocycles. The predicted molar refractivity (Wildman–Crippen MR) is 77.7 cm³/mol. The van der Waals surface area contributed by atoms with Gasteiger partial charge in [0.05, 0.1) is 11.8 Å². The maximum absolute atomic E-state index is 12.8. The number of carbonyl (C=O) groups is 1. The lowest BCUT2D eigenvalue weighted by molar-refractivity contribution is -0.137. The Bertz CT molecular complexity index is 691. The van der Waals surface area contributed by atoms with Gasteiger partial charge in [0.25, 0.3) is 5.91 Å². The van der Waals surface area contributed by atoms with Gasteiger partial charge in [0, 0.05) is 11.1 Å². The summed E-state index contributed by atoms with van der Waals surface area (Å²) in [6.07, 6.45) is -3.49. The van der Waals surface area contributed by atoms with E-state index in [1.165, 1.54) is 18.2 Å². The quantitative estimate of drug-likeness (QED) is 0.680. The second-order valence-corrected chi connectivity index (χ2v) is 4.65. The van der Waals surface area contributed by atoms with Crippen LogP contribution in [0.5, 0.6) is 0 Å². The van der Waals surface area contributed by atoms with Crippen molar-refractivity contribution in [2.45, 2.75) is 13.1 Å². The van der Waals surface area contributed by atoms with E-state index in [1.807, 2.05) is 6.92 Å². The second kappa shape index (κ2) is 6.43. The summed E-state index contributed by atoms with van der Waals surface area (Å²) in [5.74, 6) is -0.485. The Hall–Kier alpha value is -2.63. The highest BCUT2D eigenvalue weighted by Crippen LogP contribution is 2.30. The molecule has 3 nitrogen and oxygen atoms in total. The average Bonchev–Trinajstić information content (AvgIpc) is 2.47. The number of amides is 1. The van der Waals surface area contributed by atoms with Gasteiger partial charge in [0.1, 0.15) is 0 Å². The van der Waals surface area contributed by atoms with Crippen LogP contribution in [0.15, 0.2) is 53.6 Å². The molecule has 0 atom stereocenters. The Kier molecular flexibility index (Phi) is 4.60. The molecule has 0 fully saturated rings. The molecular weight excluding hydrogens is 293 g/mol. The molecule has 0 heterocycles. The summed E-state index contributed by atoms with van der Waals surface area (Å²) < 4.78 is 38.4. The van der Waals surface area contributed by atoms with Crippen molar-refractivity contribution in [1.82, 2.24) is 5.43 Å². The molecule has 0 radical (unpaired) electrons. The van der Waals surface area contributed by atoms with Gasteiger partial charge < -0.3 is 0 Å². The van der Waals surface area contributed by atoms with Crippen LogP contribution in [-0.2, 0) is 6.18 Å². The van der Waals surface area contributed by atoms with Crippen molar-refractivity contribution in [1.29, 1.82) is 0 Å². The zero-order chi connectivity index (χ0) is 16.2. The monoisotopic (exact) mass is 306 g/mol. The minimum Gasteiger partial charge on any atom is -0.267 e. The molecule has 22 heavy (non-hydrogen) atoms. The van der Waals surface area contributed by atoms with Gasteiger partial charge in [0.2, 0.25) is 0 Å². The molecule has 2 rings (SSSR count). The third-order valence-electron chi connectivity index (χ3n) is 2.95. The van der Waals surface area contributed by atoms with E-state index in [1.54, 1.807) is 24.3 Å². The van der Waals surface area contributed by atoms with E-state index in [4.69, 9.17) is 0 Å². The van der Waals surface area contributed by atoms with Gasteiger partial charge >= 0.3 is 6.18 Å². The Labute approximate surface area is 125 Å². The predicted octanol–water partition coefficient (Wildman–Crippen LogP) is 3.78. The molecule has 1 N–H and O–H groups in total. The number of halogens is 3. The maximum atomic E-state index is 12.8. The third-order valence-corrected chi connectivity index (χ3v) is 2.95. The zero-order valence-corrected chi connectivity index (χ0v) is 11.7. The van der Waals surface area contributed by atoms with Crippen LogP contribution < -0.4 is 5.43 Å². The van der Waals surface area contributed by atoms with Crippen LogP contribution >= 0.6 is 0 Å². The summed E-state index contributed by atoms with van der Waals surface area (Å²) in [6, 6.07) is 11.8. The fourth-order valence-electron chi connectivity index (χ4n) is 1.80. The van der Waals surface area contributed by atoms with Gasteiger partial charge in [-0.25, -0.2) is 5.43 Å². The number of aryl methyl sites for hydroxylation is 1. The van der Waals surface area contributed by atoms with Gasteiger partial charge in [-0.1, -0.05) is 35.9 Å². The number of hydrogen-bond donors (Lipinski definition) is 1. The van der Waals surface area contributed by atoms with Gasteiger partial charge in [-0.2, -0.15) is 18.3 Å². The molecule has 0 bridgehead atoms. The van der Waals surface area contributed by atoms with Crippen LogP contribution in [0.3, 0.4) is 0 Å². The summed E-state index contributed by atoms with van der Waals surface area (Å²) in [5, 5.41) is 3.59. The molecule has 114 valence electrons. The van der Waals surface area contributed by atoms with Gasteiger partial charge in [-0.15, -0.1) is 0 Å². The summed E-state index contributed by atoms with van der Waals surface area (Å²) in [6.45, 7) is 1.88. The Morgan fingerprint density at radius 2 is 1.73 bits per heavy atom. The largest absolute Gasteiger partial charge is 0.417 e. The van der Waals surface area contributed by atoms with E-state index < -0.39 is 17.6 Å². The van der Waals surface area contributed by atoms with Crippen LogP contribution in [0.2, 0.25) is 0 Å². The van der Waals surface area contributed by atoms with Crippen molar-refractivity contribution in [3.8, 4) is 0 Å². The van der Waals surface area contributed by atoms with Crippen molar-refractivity contribution in [2.24, 2.45) is 5.10 Å². The maximum Gasteiger partial charge on any atom is 0.417 e. The number of nitrogens with zero attached hydrogens (tertiary/aromatic N) is 1. The van der Waals surface area contributed by atoms with Crippen molar-refractivity contribution in [3.63, 3.8) is 0 Å². The molecule has 0 spiro atoms. The third kappa shape index (κ3) is 3.94. The van der Waals surface area contributed by atoms with E-state index in [9.17, 15) is 18.0 Å². The molecule has 0 aliphatic heterocycles. The molecule has 6 heteroatoms. The summed E-state index contributed by atoms with van der Waals surface area (Å²) >= 11 is 0. The highest BCUT2D eigenvalue weighted by atomic mass is 19.4. The molecule has 2 aromatic rings. The fourth-order valence-corrected chi connectivity index (χ4v) is 1.80. The first-order chi connectivity index (χ1) is 10.4. The molecule has 0 aliphatic carbocycles. The van der Waals surface area contributed by atoms with Gasteiger partial charge in [-0.05, 0) is 25.1 Å². The Balaban J connectivity index is 2.10. The number of hydrogen-bond acceptors (Lipinski definition) is 2. The summed E-state index contributed by atoms with van der Waals surface area (Å²) in [4.78, 5) is 11.8. The number of carbonyl (C=O) groups excluding carboxylic acids is 1. The lowest BCUT2D eigenvalue weighted by Gasteiger charge is -2.09. The van der Waals surface area contributed by atoms with Crippen LogP contribution in [0, 0.1) is 6.92 Å². The van der Waals surface area contributed by atoms with E-state index in [0.717, 1.165) is 17.8 Å². The van der Waals surface area contributed by atoms with Gasteiger partial charge in [0.15, 0.2) is 0 Å². The zero-order valence-electron chi connectivity index (χ0n) is 11.7. The lowest BCUT2D eigenvalue weighted by atomic mass is 10.1. The minimum atomic E-state index is -4.47. The molecule has 0 saturated carbocycles. The second-order valence-electron chi connectivity index (χ2n) is 4.65. The smallest absolute Gasteiger partial charge is 0.267 e. The van der Waals surface area contributed by atoms with E-state index in [2.05, 4.69) is 10.5 Å². The first-order valence-electron chi connectivity index (χ1n) is 6.44. The normalized spacial score (nSPS) is 11.6. The van der Waals surface area contributed by atoms with Crippen LogP contribution in [0.4, 0.5) is 13.2 Å². The molecule has 0 unspecified atom stereocenters. The highest BCUT2D eigenvalue weighted by molar-refractivity contribution is 5.95. The Morgan fingerprint density at radius 1 is 1.09 bits per heavy atom. The van der Waals surface area contributed by atoms with Crippen LogP contribution in [0.25, 0.3) is 0 Å². The van der Waals surface area contributed by atoms with Crippen LogP contribution in [0.1, 0.15) is 27.0 Å². The molecule has 2 aromatic carbocycles. The number of hydrazone groups is 1. The molecule has 1 amide bonds. The SMILES string of the molecule is Cc1ccc(C(=O)N/N=C/c2ccccc2C(F)(F)F)cc1. The average molecular weight is 306 g/mol. The lowest BCUT2D eigenvalue weighted by Crippen LogP contribution is -2.18. The molecule has 0 saturated heterocycles. The Morgan fingerprint density at radius 3 is 2.36 bits per heavy atom. The number of rotatable bonds is 3. The molecule has 0 aliphatic rings. The summed E-state index contributed by atoms with van der Waals surface area (Å²) in [5.41, 5.74) is 2.67. The van der Waals surface area contributed by atoms with E-state index in [0.29, 0.717) is 5.56 Å². The van der Waals surface area contributed by atoms with Crippen molar-refractivity contribution in [3.05, 3.63) is 70.8 Å². The number of alkyl halides is 3. The standard InChI is InChI=1S/C16H13F3N2O/c1-11-6-8-12(9-7-11)15(22)21-20-10-13-4-2-3-5-14(13)16(17,18)19/h2-10H,1H3,(H,21,22)/b20-10+. The van der Waals surface area contributed by atoms with Crippen molar-refractivity contribution in [2.75, 3.05) is 0 Å². The number of benzene rings is 2. The van der Waals surface area contributed by atoms with Crippen LogP contribution in [-0.4, -0.2) is 12.1 Å². The summed E-state index contributed by atoms with van der Waals surface area (Å²) in [7, 11) is 0. The van der Waals surface area contributed by atoms with Gasteiger partial charge in [-0.3, -0.25) is 4.79 Å². The number of nitrogens with one attached hydrogen (secondary N) is 1. The topological polar surface area (TPSA) is 41.5 Å². The van der Waals surface area contributed by atoms with Crippen molar-refractivity contribution < 1.29 is 18.0 Å². The first-order valence-corrected chi connectivity index (χ1v) is 6.44. The fraction of sp³-hybridized carbons (Fsp3) is 0.125. The molecular formula is C16H13F3N2O. The first kappa shape index (κ1) is 15.8. The minimum absolute atomic E-state index is 0.112.